The van der Waals surface area contributed by atoms with E-state index >= 15 is 0 Å². The van der Waals surface area contributed by atoms with Crippen molar-refractivity contribution < 1.29 is 18.4 Å². The van der Waals surface area contributed by atoms with Crippen molar-refractivity contribution in [2.45, 2.75) is 33.9 Å². The van der Waals surface area contributed by atoms with Crippen molar-refractivity contribution in [1.29, 1.82) is 0 Å². The third-order valence-electron chi connectivity index (χ3n) is 5.63. The standard InChI is InChI=1S/C24H21F2N7O2S2/c1-11-8-12(2)33(30-11)10-32-7-6-15(31-32)23(35)29-19-18-14(17-5-4-13(3)36-17)9-16(21(25)26)28-24(18)37-20(19)22(27)34/h4-9,21H,10H2,1-3H3,(H2,27,34)(H,29,35). The Bertz CT molecular complexity index is 1660. The minimum absolute atomic E-state index is 0.0128. The van der Waals surface area contributed by atoms with Gasteiger partial charge < -0.3 is 11.1 Å². The number of amides is 2. The van der Waals surface area contributed by atoms with Crippen LogP contribution in [0.15, 0.2) is 36.5 Å². The van der Waals surface area contributed by atoms with Gasteiger partial charge in [-0.3, -0.25) is 14.3 Å². The summed E-state index contributed by atoms with van der Waals surface area (Å²) in [4.78, 5) is 31.4. The van der Waals surface area contributed by atoms with Gasteiger partial charge in [0.05, 0.1) is 11.4 Å². The summed E-state index contributed by atoms with van der Waals surface area (Å²) in [6.45, 7) is 6.01. The van der Waals surface area contributed by atoms with Gasteiger partial charge in [0.2, 0.25) is 0 Å². The van der Waals surface area contributed by atoms with Crippen LogP contribution in [-0.4, -0.2) is 36.4 Å². The highest BCUT2D eigenvalue weighted by Crippen LogP contribution is 2.44. The molecule has 13 heteroatoms. The second kappa shape index (κ2) is 9.48. The average molecular weight is 542 g/mol. The summed E-state index contributed by atoms with van der Waals surface area (Å²) in [5, 5.41) is 11.8. The van der Waals surface area contributed by atoms with Gasteiger partial charge in [0, 0.05) is 32.6 Å². The number of carbonyl (C=O) groups excluding carboxylic acids is 2. The molecule has 5 aromatic heterocycles. The maximum absolute atomic E-state index is 13.6. The maximum atomic E-state index is 13.6. The van der Waals surface area contributed by atoms with Crippen LogP contribution in [0.2, 0.25) is 0 Å². The minimum Gasteiger partial charge on any atom is -0.365 e. The van der Waals surface area contributed by atoms with Crippen molar-refractivity contribution in [2.24, 2.45) is 5.73 Å². The fourth-order valence-corrected chi connectivity index (χ4v) is 5.89. The zero-order valence-corrected chi connectivity index (χ0v) is 21.6. The molecular weight excluding hydrogens is 520 g/mol. The monoisotopic (exact) mass is 541 g/mol. The lowest BCUT2D eigenvalue weighted by Crippen LogP contribution is -2.18. The summed E-state index contributed by atoms with van der Waals surface area (Å²) in [5.41, 5.74) is 7.66. The van der Waals surface area contributed by atoms with E-state index in [1.54, 1.807) is 21.6 Å². The van der Waals surface area contributed by atoms with Gasteiger partial charge in [-0.1, -0.05) is 0 Å². The van der Waals surface area contributed by atoms with Crippen molar-refractivity contribution in [3.05, 3.63) is 69.1 Å². The average Bonchev–Trinajstić information content (AvgIpc) is 3.61. The molecule has 3 N–H and O–H groups in total. The van der Waals surface area contributed by atoms with Gasteiger partial charge in [0.25, 0.3) is 18.2 Å². The van der Waals surface area contributed by atoms with Gasteiger partial charge in [-0.2, -0.15) is 10.2 Å². The molecule has 0 unspecified atom stereocenters. The first kappa shape index (κ1) is 24.7. The molecule has 0 aliphatic carbocycles. The van der Waals surface area contributed by atoms with Crippen LogP contribution in [0.1, 0.15) is 48.5 Å². The van der Waals surface area contributed by atoms with Crippen molar-refractivity contribution in [2.75, 3.05) is 5.32 Å². The number of nitrogens with one attached hydrogen (secondary N) is 1. The SMILES string of the molecule is Cc1cc(C)n(Cn2ccc(C(=O)Nc3c(C(N)=O)sc4nc(C(F)F)cc(-c5ccc(C)s5)c34)n2)n1. The summed E-state index contributed by atoms with van der Waals surface area (Å²) in [7, 11) is 0. The van der Waals surface area contributed by atoms with Crippen molar-refractivity contribution in [3.8, 4) is 10.4 Å². The number of thiophene rings is 2. The lowest BCUT2D eigenvalue weighted by atomic mass is 10.1. The van der Waals surface area contributed by atoms with E-state index in [-0.39, 0.29) is 21.1 Å². The molecule has 0 fully saturated rings. The summed E-state index contributed by atoms with van der Waals surface area (Å²) in [5.74, 6) is -1.39. The van der Waals surface area contributed by atoms with Gasteiger partial charge in [0.1, 0.15) is 22.1 Å². The molecule has 0 atom stereocenters. The lowest BCUT2D eigenvalue weighted by Gasteiger charge is -2.09. The summed E-state index contributed by atoms with van der Waals surface area (Å²) in [6, 6.07) is 8.43. The predicted molar refractivity (Wildman–Crippen MR) is 138 cm³/mol. The van der Waals surface area contributed by atoms with Crippen LogP contribution >= 0.6 is 22.7 Å². The fraction of sp³-hybridized carbons (Fsp3) is 0.208. The summed E-state index contributed by atoms with van der Waals surface area (Å²) >= 11 is 2.26. The number of aromatic nitrogens is 5. The van der Waals surface area contributed by atoms with E-state index in [2.05, 4.69) is 20.5 Å². The number of pyridine rings is 1. The molecule has 0 saturated carbocycles. The number of rotatable bonds is 7. The molecule has 0 spiro atoms. The topological polar surface area (TPSA) is 121 Å². The van der Waals surface area contributed by atoms with Crippen LogP contribution < -0.4 is 11.1 Å². The normalized spacial score (nSPS) is 11.5. The van der Waals surface area contributed by atoms with Crippen molar-refractivity contribution in [3.63, 3.8) is 0 Å². The maximum Gasteiger partial charge on any atom is 0.280 e. The molecule has 37 heavy (non-hydrogen) atoms. The Morgan fingerprint density at radius 1 is 1.11 bits per heavy atom. The van der Waals surface area contributed by atoms with Crippen molar-refractivity contribution in [1.82, 2.24) is 24.5 Å². The largest absolute Gasteiger partial charge is 0.365 e. The highest BCUT2D eigenvalue weighted by molar-refractivity contribution is 7.21. The first-order chi connectivity index (χ1) is 17.6. The molecule has 190 valence electrons. The Labute approximate surface area is 217 Å². The Kier molecular flexibility index (Phi) is 6.33. The van der Waals surface area contributed by atoms with E-state index in [9.17, 15) is 18.4 Å². The lowest BCUT2D eigenvalue weighted by molar-refractivity contribution is 0.100. The van der Waals surface area contributed by atoms with Crippen molar-refractivity contribution >= 4 is 50.4 Å². The fourth-order valence-electron chi connectivity index (χ4n) is 3.99. The number of aryl methyl sites for hydroxylation is 3. The molecule has 5 rings (SSSR count). The highest BCUT2D eigenvalue weighted by Gasteiger charge is 2.26. The number of hydrogen-bond donors (Lipinski definition) is 2. The first-order valence-corrected chi connectivity index (χ1v) is 12.7. The van der Waals surface area contributed by atoms with Gasteiger partial charge in [-0.05, 0) is 51.1 Å². The second-order valence-electron chi connectivity index (χ2n) is 8.42. The van der Waals surface area contributed by atoms with E-state index in [4.69, 9.17) is 5.73 Å². The quantitative estimate of drug-likeness (QED) is 0.296. The molecular formula is C24H21F2N7O2S2. The molecule has 5 aromatic rings. The molecule has 0 aromatic carbocycles. The van der Waals surface area contributed by atoms with E-state index in [0.29, 0.717) is 22.5 Å². The number of alkyl halides is 2. The molecule has 9 nitrogen and oxygen atoms in total. The zero-order valence-electron chi connectivity index (χ0n) is 20.0. The van der Waals surface area contributed by atoms with Crippen LogP contribution in [0, 0.1) is 20.8 Å². The van der Waals surface area contributed by atoms with Gasteiger partial charge in [0.15, 0.2) is 5.69 Å². The van der Waals surface area contributed by atoms with Crippen LogP contribution in [0.3, 0.4) is 0 Å². The van der Waals surface area contributed by atoms with E-state index in [1.807, 2.05) is 32.9 Å². The predicted octanol–water partition coefficient (Wildman–Crippen LogP) is 5.14. The van der Waals surface area contributed by atoms with Gasteiger partial charge >= 0.3 is 0 Å². The smallest absolute Gasteiger partial charge is 0.280 e. The molecule has 0 bridgehead atoms. The van der Waals surface area contributed by atoms with Crippen LogP contribution in [0.4, 0.5) is 14.5 Å². The Morgan fingerprint density at radius 2 is 1.89 bits per heavy atom. The zero-order chi connectivity index (χ0) is 26.4. The number of halogens is 2. The Morgan fingerprint density at radius 3 is 2.51 bits per heavy atom. The number of carbonyl (C=O) groups is 2. The molecule has 0 radical (unpaired) electrons. The molecule has 0 aliphatic rings. The molecule has 2 amide bonds. The number of hydrogen-bond acceptors (Lipinski definition) is 7. The first-order valence-electron chi connectivity index (χ1n) is 11.1. The number of fused-ring (bicyclic) bond motifs is 1. The van der Waals surface area contributed by atoms with Crippen LogP contribution in [0.5, 0.6) is 0 Å². The Hall–Kier alpha value is -3.97. The molecule has 0 aliphatic heterocycles. The third-order valence-corrected chi connectivity index (χ3v) is 7.76. The van der Waals surface area contributed by atoms with Gasteiger partial charge in [-0.15, -0.1) is 22.7 Å². The summed E-state index contributed by atoms with van der Waals surface area (Å²) < 4.78 is 30.6. The number of anilines is 1. The highest BCUT2D eigenvalue weighted by atomic mass is 32.1. The van der Waals surface area contributed by atoms with E-state index < -0.39 is 23.9 Å². The van der Waals surface area contributed by atoms with Crippen LogP contribution in [0.25, 0.3) is 20.7 Å². The van der Waals surface area contributed by atoms with Gasteiger partial charge in [-0.25, -0.2) is 18.4 Å². The third kappa shape index (κ3) is 4.74. The van der Waals surface area contributed by atoms with Crippen LogP contribution in [-0.2, 0) is 6.67 Å². The summed E-state index contributed by atoms with van der Waals surface area (Å²) in [6.07, 6.45) is -1.17. The second-order valence-corrected chi connectivity index (χ2v) is 10.7. The van der Waals surface area contributed by atoms with E-state index in [1.165, 1.54) is 23.5 Å². The van der Waals surface area contributed by atoms with E-state index in [0.717, 1.165) is 27.6 Å². The molecule has 5 heterocycles. The number of nitrogens with two attached hydrogens (primary N) is 1. The number of nitrogens with zero attached hydrogens (tertiary/aromatic N) is 5. The Balaban J connectivity index is 1.55. The minimum atomic E-state index is -2.81. The number of primary amides is 1. The molecule has 0 saturated heterocycles.